The van der Waals surface area contributed by atoms with Crippen molar-refractivity contribution in [3.05, 3.63) is 95.6 Å². The summed E-state index contributed by atoms with van der Waals surface area (Å²) < 4.78 is 18.6. The summed E-state index contributed by atoms with van der Waals surface area (Å²) in [6.07, 6.45) is 2.61. The first-order valence-corrected chi connectivity index (χ1v) is 9.65. The standard InChI is InChI=1S/C24H25FN2O2/c1-18(22-8-3-4-9-23(22)29-2)27(17-21-7-5-6-16-26-21)24(28)15-12-19-10-13-20(25)14-11-19/h3-11,13-14,16,18H,12,15,17H2,1-2H3/t18-/m1/s1. The van der Waals surface area contributed by atoms with Crippen LogP contribution in [0.25, 0.3) is 0 Å². The van der Waals surface area contributed by atoms with Crippen molar-refractivity contribution in [1.82, 2.24) is 9.88 Å². The molecule has 1 amide bonds. The molecular formula is C24H25FN2O2. The first-order valence-electron chi connectivity index (χ1n) is 9.65. The Labute approximate surface area is 171 Å². The molecule has 4 nitrogen and oxygen atoms in total. The number of hydrogen-bond donors (Lipinski definition) is 0. The number of hydrogen-bond acceptors (Lipinski definition) is 3. The third-order valence-corrected chi connectivity index (χ3v) is 4.98. The Balaban J connectivity index is 1.81. The van der Waals surface area contributed by atoms with Gasteiger partial charge in [0.25, 0.3) is 0 Å². The summed E-state index contributed by atoms with van der Waals surface area (Å²) in [5, 5.41) is 0. The van der Waals surface area contributed by atoms with Gasteiger partial charge in [0.15, 0.2) is 0 Å². The molecule has 0 aliphatic heterocycles. The molecule has 0 bridgehead atoms. The van der Waals surface area contributed by atoms with Crippen molar-refractivity contribution in [2.24, 2.45) is 0 Å². The predicted molar refractivity (Wildman–Crippen MR) is 111 cm³/mol. The highest BCUT2D eigenvalue weighted by molar-refractivity contribution is 5.77. The van der Waals surface area contributed by atoms with Crippen molar-refractivity contribution in [3.63, 3.8) is 0 Å². The van der Waals surface area contributed by atoms with Crippen LogP contribution in [0.1, 0.15) is 36.2 Å². The van der Waals surface area contributed by atoms with Gasteiger partial charge < -0.3 is 9.64 Å². The second kappa shape index (κ2) is 9.82. The van der Waals surface area contributed by atoms with Crippen molar-refractivity contribution < 1.29 is 13.9 Å². The van der Waals surface area contributed by atoms with Crippen molar-refractivity contribution in [2.75, 3.05) is 7.11 Å². The molecule has 0 radical (unpaired) electrons. The number of benzene rings is 2. The molecule has 1 aromatic heterocycles. The van der Waals surface area contributed by atoms with E-state index in [0.29, 0.717) is 19.4 Å². The quantitative estimate of drug-likeness (QED) is 0.545. The van der Waals surface area contributed by atoms with Crippen LogP contribution in [-0.2, 0) is 17.8 Å². The SMILES string of the molecule is COc1ccccc1[C@@H](C)N(Cc1ccccn1)C(=O)CCc1ccc(F)cc1. The predicted octanol–water partition coefficient (Wildman–Crippen LogP) is 4.95. The molecule has 0 saturated heterocycles. The lowest BCUT2D eigenvalue weighted by atomic mass is 10.0. The van der Waals surface area contributed by atoms with Crippen molar-refractivity contribution >= 4 is 5.91 Å². The van der Waals surface area contributed by atoms with Gasteiger partial charge in [0, 0.05) is 18.2 Å². The maximum absolute atomic E-state index is 13.2. The number of pyridine rings is 1. The lowest BCUT2D eigenvalue weighted by Crippen LogP contribution is -2.33. The Morgan fingerprint density at radius 2 is 1.79 bits per heavy atom. The van der Waals surface area contributed by atoms with Crippen LogP contribution < -0.4 is 4.74 Å². The molecule has 0 aliphatic rings. The van der Waals surface area contributed by atoms with E-state index in [1.807, 2.05) is 54.3 Å². The lowest BCUT2D eigenvalue weighted by Gasteiger charge is -2.30. The number of amides is 1. The molecule has 0 aliphatic carbocycles. The molecule has 150 valence electrons. The fraction of sp³-hybridized carbons (Fsp3) is 0.250. The molecule has 3 rings (SSSR count). The second-order valence-electron chi connectivity index (χ2n) is 6.89. The largest absolute Gasteiger partial charge is 0.496 e. The normalized spacial score (nSPS) is 11.7. The molecule has 1 atom stereocenters. The third-order valence-electron chi connectivity index (χ3n) is 4.98. The van der Waals surface area contributed by atoms with Gasteiger partial charge in [-0.05, 0) is 49.2 Å². The number of para-hydroxylation sites is 1. The third kappa shape index (κ3) is 5.41. The van der Waals surface area contributed by atoms with Crippen molar-refractivity contribution in [1.29, 1.82) is 0 Å². The van der Waals surface area contributed by atoms with Gasteiger partial charge in [-0.2, -0.15) is 0 Å². The molecule has 0 N–H and O–H groups in total. The smallest absolute Gasteiger partial charge is 0.223 e. The number of methoxy groups -OCH3 is 1. The summed E-state index contributed by atoms with van der Waals surface area (Å²) in [6, 6.07) is 19.5. The summed E-state index contributed by atoms with van der Waals surface area (Å²) in [7, 11) is 1.63. The summed E-state index contributed by atoms with van der Waals surface area (Å²) in [5.74, 6) is 0.484. The minimum atomic E-state index is -0.276. The van der Waals surface area contributed by atoms with Gasteiger partial charge in [-0.1, -0.05) is 36.4 Å². The highest BCUT2D eigenvalue weighted by atomic mass is 19.1. The van der Waals surface area contributed by atoms with Gasteiger partial charge in [-0.25, -0.2) is 4.39 Å². The summed E-state index contributed by atoms with van der Waals surface area (Å²) >= 11 is 0. The maximum Gasteiger partial charge on any atom is 0.223 e. The van der Waals surface area contributed by atoms with E-state index in [-0.39, 0.29) is 17.8 Å². The van der Waals surface area contributed by atoms with Crippen LogP contribution in [-0.4, -0.2) is 22.9 Å². The first kappa shape index (κ1) is 20.5. The minimum absolute atomic E-state index is 0.0124. The van der Waals surface area contributed by atoms with Gasteiger partial charge in [-0.3, -0.25) is 9.78 Å². The van der Waals surface area contributed by atoms with Crippen LogP contribution in [0.15, 0.2) is 72.9 Å². The van der Waals surface area contributed by atoms with Crippen molar-refractivity contribution in [2.45, 2.75) is 32.4 Å². The number of ether oxygens (including phenoxy) is 1. The van der Waals surface area contributed by atoms with E-state index >= 15 is 0 Å². The molecule has 3 aromatic rings. The maximum atomic E-state index is 13.2. The highest BCUT2D eigenvalue weighted by Gasteiger charge is 2.24. The van der Waals surface area contributed by atoms with Crippen LogP contribution >= 0.6 is 0 Å². The van der Waals surface area contributed by atoms with Crippen LogP contribution in [0.3, 0.4) is 0 Å². The second-order valence-corrected chi connectivity index (χ2v) is 6.89. The van der Waals surface area contributed by atoms with Gasteiger partial charge in [-0.15, -0.1) is 0 Å². The zero-order valence-corrected chi connectivity index (χ0v) is 16.7. The number of aryl methyl sites for hydroxylation is 1. The van der Waals surface area contributed by atoms with Crippen LogP contribution in [0.2, 0.25) is 0 Å². The summed E-state index contributed by atoms with van der Waals surface area (Å²) in [4.78, 5) is 19.4. The van der Waals surface area contributed by atoms with Gasteiger partial charge in [0.05, 0.1) is 25.4 Å². The molecule has 2 aromatic carbocycles. The molecule has 1 heterocycles. The molecular weight excluding hydrogens is 367 g/mol. The van der Waals surface area contributed by atoms with Gasteiger partial charge in [0.2, 0.25) is 5.91 Å². The van der Waals surface area contributed by atoms with E-state index in [1.54, 1.807) is 25.4 Å². The molecule has 0 fully saturated rings. The van der Waals surface area contributed by atoms with E-state index in [2.05, 4.69) is 4.98 Å². The van der Waals surface area contributed by atoms with Crippen molar-refractivity contribution in [3.8, 4) is 5.75 Å². The Hall–Kier alpha value is -3.21. The highest BCUT2D eigenvalue weighted by Crippen LogP contribution is 2.30. The van der Waals surface area contributed by atoms with Gasteiger partial charge >= 0.3 is 0 Å². The molecule has 29 heavy (non-hydrogen) atoms. The number of aromatic nitrogens is 1. The van der Waals surface area contributed by atoms with Crippen LogP contribution in [0, 0.1) is 5.82 Å². The van der Waals surface area contributed by atoms with E-state index in [9.17, 15) is 9.18 Å². The Bertz CT molecular complexity index is 929. The minimum Gasteiger partial charge on any atom is -0.496 e. The summed E-state index contributed by atoms with van der Waals surface area (Å²) in [6.45, 7) is 2.40. The Morgan fingerprint density at radius 1 is 1.07 bits per heavy atom. The number of halogens is 1. The van der Waals surface area contributed by atoms with E-state index in [1.165, 1.54) is 12.1 Å². The van der Waals surface area contributed by atoms with E-state index in [0.717, 1.165) is 22.6 Å². The molecule has 0 saturated carbocycles. The number of rotatable bonds is 8. The topological polar surface area (TPSA) is 42.4 Å². The average Bonchev–Trinajstić information content (AvgIpc) is 2.77. The monoisotopic (exact) mass is 392 g/mol. The number of carbonyl (C=O) groups excluding carboxylic acids is 1. The lowest BCUT2D eigenvalue weighted by molar-refractivity contribution is -0.134. The first-order chi connectivity index (χ1) is 14.1. The average molecular weight is 392 g/mol. The molecule has 0 spiro atoms. The number of carbonyl (C=O) groups is 1. The molecule has 0 unspecified atom stereocenters. The Morgan fingerprint density at radius 3 is 2.48 bits per heavy atom. The number of nitrogens with zero attached hydrogens (tertiary/aromatic N) is 2. The van der Waals surface area contributed by atoms with Crippen LogP contribution in [0.5, 0.6) is 5.75 Å². The van der Waals surface area contributed by atoms with E-state index < -0.39 is 0 Å². The fourth-order valence-corrected chi connectivity index (χ4v) is 3.33. The zero-order chi connectivity index (χ0) is 20.6. The molecule has 5 heteroatoms. The fourth-order valence-electron chi connectivity index (χ4n) is 3.33. The zero-order valence-electron chi connectivity index (χ0n) is 16.7. The van der Waals surface area contributed by atoms with Crippen LogP contribution in [0.4, 0.5) is 4.39 Å². The van der Waals surface area contributed by atoms with E-state index in [4.69, 9.17) is 4.74 Å². The summed E-state index contributed by atoms with van der Waals surface area (Å²) in [5.41, 5.74) is 2.70. The Kier molecular flexibility index (Phi) is 6.95. The van der Waals surface area contributed by atoms with Gasteiger partial charge in [0.1, 0.15) is 11.6 Å².